The van der Waals surface area contributed by atoms with Crippen molar-refractivity contribution in [2.45, 2.75) is 27.3 Å². The number of nitrogens with zero attached hydrogens (tertiary/aromatic N) is 5. The van der Waals surface area contributed by atoms with Crippen LogP contribution in [0.2, 0.25) is 10.0 Å². The molecular formula is C23H20Cl2FN5O2. The number of aromatic carboxylic acids is 1. The summed E-state index contributed by atoms with van der Waals surface area (Å²) in [6.45, 7) is 6.16. The summed E-state index contributed by atoms with van der Waals surface area (Å²) in [5.41, 5.74) is 1.65. The summed E-state index contributed by atoms with van der Waals surface area (Å²) in [5, 5.41) is 19.9. The van der Waals surface area contributed by atoms with Gasteiger partial charge in [0.1, 0.15) is 5.82 Å². The molecule has 0 aliphatic carbocycles. The highest BCUT2D eigenvalue weighted by molar-refractivity contribution is 6.42. The Morgan fingerprint density at radius 3 is 2.48 bits per heavy atom. The van der Waals surface area contributed by atoms with Crippen LogP contribution in [0.1, 0.15) is 30.0 Å². The highest BCUT2D eigenvalue weighted by Crippen LogP contribution is 2.31. The van der Waals surface area contributed by atoms with Crippen LogP contribution < -0.4 is 0 Å². The predicted octanol–water partition coefficient (Wildman–Crippen LogP) is 5.91. The number of benzene rings is 2. The number of halogens is 3. The van der Waals surface area contributed by atoms with E-state index < -0.39 is 11.8 Å². The van der Waals surface area contributed by atoms with Crippen molar-refractivity contribution in [3.8, 4) is 28.5 Å². The standard InChI is InChI=1S/C23H20Cl2FN5O2/c1-12(2)11-30-23(27-21(29-30)15-7-8-17(24)18(25)10-15)31-20(22(32)33)19(13(3)28-31)14-5-4-6-16(26)9-14/h4-10,12H,11H2,1-3H3,(H,32,33). The summed E-state index contributed by atoms with van der Waals surface area (Å²) >= 11 is 12.2. The molecule has 0 saturated carbocycles. The summed E-state index contributed by atoms with van der Waals surface area (Å²) in [6, 6.07) is 10.8. The van der Waals surface area contributed by atoms with E-state index >= 15 is 0 Å². The first-order chi connectivity index (χ1) is 15.7. The third-order valence-electron chi connectivity index (χ3n) is 4.93. The number of carboxylic acid groups (broad SMARTS) is 1. The van der Waals surface area contributed by atoms with E-state index in [-0.39, 0.29) is 17.6 Å². The van der Waals surface area contributed by atoms with E-state index in [1.54, 1.807) is 35.9 Å². The van der Waals surface area contributed by atoms with Crippen LogP contribution >= 0.6 is 23.2 Å². The van der Waals surface area contributed by atoms with Gasteiger partial charge in [0.05, 0.1) is 15.7 Å². The lowest BCUT2D eigenvalue weighted by Crippen LogP contribution is -2.17. The second-order valence-corrected chi connectivity index (χ2v) is 8.79. The molecule has 0 aliphatic heterocycles. The number of aromatic nitrogens is 5. The van der Waals surface area contributed by atoms with Gasteiger partial charge in [-0.2, -0.15) is 14.8 Å². The van der Waals surface area contributed by atoms with Crippen LogP contribution in [0.4, 0.5) is 4.39 Å². The normalized spacial score (nSPS) is 11.4. The summed E-state index contributed by atoms with van der Waals surface area (Å²) in [4.78, 5) is 16.9. The van der Waals surface area contributed by atoms with Gasteiger partial charge in [-0.25, -0.2) is 13.9 Å². The highest BCUT2D eigenvalue weighted by atomic mass is 35.5. The van der Waals surface area contributed by atoms with Gasteiger partial charge in [0.15, 0.2) is 11.5 Å². The molecular weight excluding hydrogens is 468 g/mol. The predicted molar refractivity (Wildman–Crippen MR) is 125 cm³/mol. The van der Waals surface area contributed by atoms with Crippen LogP contribution in [0.15, 0.2) is 42.5 Å². The molecule has 0 aliphatic rings. The van der Waals surface area contributed by atoms with E-state index in [0.29, 0.717) is 44.8 Å². The molecule has 170 valence electrons. The molecule has 2 aromatic carbocycles. The SMILES string of the molecule is Cc1nn(-c2nc(-c3ccc(Cl)c(Cl)c3)nn2CC(C)C)c(C(=O)O)c1-c1cccc(F)c1. The van der Waals surface area contributed by atoms with E-state index in [1.807, 2.05) is 13.8 Å². The Morgan fingerprint density at radius 2 is 1.85 bits per heavy atom. The van der Waals surface area contributed by atoms with Crippen molar-refractivity contribution in [2.24, 2.45) is 5.92 Å². The molecule has 0 unspecified atom stereocenters. The monoisotopic (exact) mass is 487 g/mol. The van der Waals surface area contributed by atoms with Crippen LogP contribution in [0.3, 0.4) is 0 Å². The van der Waals surface area contributed by atoms with Gasteiger partial charge in [-0.3, -0.25) is 0 Å². The molecule has 10 heteroatoms. The van der Waals surface area contributed by atoms with Gasteiger partial charge < -0.3 is 5.11 Å². The van der Waals surface area contributed by atoms with Crippen molar-refractivity contribution in [1.82, 2.24) is 24.5 Å². The van der Waals surface area contributed by atoms with Crippen molar-refractivity contribution < 1.29 is 14.3 Å². The average molecular weight is 488 g/mol. The lowest BCUT2D eigenvalue weighted by atomic mass is 10.0. The number of aryl methyl sites for hydroxylation is 1. The number of hydrogen-bond donors (Lipinski definition) is 1. The maximum absolute atomic E-state index is 13.9. The second-order valence-electron chi connectivity index (χ2n) is 7.98. The van der Waals surface area contributed by atoms with Gasteiger partial charge in [0.25, 0.3) is 0 Å². The smallest absolute Gasteiger partial charge is 0.355 e. The molecule has 0 amide bonds. The van der Waals surface area contributed by atoms with E-state index in [4.69, 9.17) is 23.2 Å². The lowest BCUT2D eigenvalue weighted by molar-refractivity contribution is 0.0687. The molecule has 2 aromatic heterocycles. The van der Waals surface area contributed by atoms with Gasteiger partial charge in [-0.1, -0.05) is 49.2 Å². The molecule has 4 rings (SSSR count). The average Bonchev–Trinajstić information content (AvgIpc) is 3.30. The summed E-state index contributed by atoms with van der Waals surface area (Å²) in [5.74, 6) is -0.917. The van der Waals surface area contributed by atoms with Gasteiger partial charge >= 0.3 is 5.97 Å². The molecule has 4 aromatic rings. The van der Waals surface area contributed by atoms with E-state index in [2.05, 4.69) is 15.2 Å². The van der Waals surface area contributed by atoms with Crippen LogP contribution in [0, 0.1) is 18.7 Å². The van der Waals surface area contributed by atoms with Crippen molar-refractivity contribution in [3.05, 3.63) is 69.7 Å². The summed E-state index contributed by atoms with van der Waals surface area (Å²) in [7, 11) is 0. The lowest BCUT2D eigenvalue weighted by Gasteiger charge is -2.09. The maximum Gasteiger partial charge on any atom is 0.355 e. The van der Waals surface area contributed by atoms with E-state index in [1.165, 1.54) is 22.9 Å². The van der Waals surface area contributed by atoms with Crippen molar-refractivity contribution in [3.63, 3.8) is 0 Å². The van der Waals surface area contributed by atoms with Gasteiger partial charge in [0, 0.05) is 17.7 Å². The zero-order chi connectivity index (χ0) is 23.9. The topological polar surface area (TPSA) is 85.8 Å². The third-order valence-corrected chi connectivity index (χ3v) is 5.67. The minimum atomic E-state index is -1.22. The van der Waals surface area contributed by atoms with Crippen LogP contribution in [0.25, 0.3) is 28.5 Å². The molecule has 0 spiro atoms. The zero-order valence-corrected chi connectivity index (χ0v) is 19.6. The molecule has 2 heterocycles. The van der Waals surface area contributed by atoms with Crippen LogP contribution in [-0.2, 0) is 6.54 Å². The molecule has 0 fully saturated rings. The quantitative estimate of drug-likeness (QED) is 0.365. The summed E-state index contributed by atoms with van der Waals surface area (Å²) < 4.78 is 16.7. The molecule has 0 radical (unpaired) electrons. The number of carbonyl (C=O) groups is 1. The Kier molecular flexibility index (Phi) is 6.23. The maximum atomic E-state index is 13.9. The molecule has 7 nitrogen and oxygen atoms in total. The van der Waals surface area contributed by atoms with Crippen molar-refractivity contribution >= 4 is 29.2 Å². The Balaban J connectivity index is 1.94. The molecule has 0 saturated heterocycles. The first-order valence-corrected chi connectivity index (χ1v) is 10.9. The Labute approximate surface area is 199 Å². The minimum Gasteiger partial charge on any atom is -0.476 e. The third kappa shape index (κ3) is 4.49. The number of carboxylic acids is 1. The first-order valence-electron chi connectivity index (χ1n) is 10.1. The number of hydrogen-bond acceptors (Lipinski definition) is 4. The Bertz CT molecular complexity index is 1360. The first kappa shape index (κ1) is 22.9. The van der Waals surface area contributed by atoms with E-state index in [0.717, 1.165) is 0 Å². The minimum absolute atomic E-state index is 0.129. The molecule has 0 bridgehead atoms. The Morgan fingerprint density at radius 1 is 1.09 bits per heavy atom. The molecule has 0 atom stereocenters. The van der Waals surface area contributed by atoms with Crippen LogP contribution in [0.5, 0.6) is 0 Å². The highest BCUT2D eigenvalue weighted by Gasteiger charge is 2.27. The van der Waals surface area contributed by atoms with Gasteiger partial charge in [-0.05, 0) is 48.7 Å². The molecule has 1 N–H and O–H groups in total. The summed E-state index contributed by atoms with van der Waals surface area (Å²) in [6.07, 6.45) is 0. The van der Waals surface area contributed by atoms with Gasteiger partial charge in [0.2, 0.25) is 5.95 Å². The van der Waals surface area contributed by atoms with E-state index in [9.17, 15) is 14.3 Å². The van der Waals surface area contributed by atoms with Crippen molar-refractivity contribution in [2.75, 3.05) is 0 Å². The Hall–Kier alpha value is -3.23. The zero-order valence-electron chi connectivity index (χ0n) is 18.1. The number of rotatable bonds is 6. The fourth-order valence-electron chi connectivity index (χ4n) is 3.58. The fraction of sp³-hybridized carbons (Fsp3) is 0.217. The van der Waals surface area contributed by atoms with Gasteiger partial charge in [-0.15, -0.1) is 5.10 Å². The molecule has 33 heavy (non-hydrogen) atoms. The van der Waals surface area contributed by atoms with Crippen LogP contribution in [-0.4, -0.2) is 35.6 Å². The fourth-order valence-corrected chi connectivity index (χ4v) is 3.87. The second kappa shape index (κ2) is 8.96. The largest absolute Gasteiger partial charge is 0.476 e. The van der Waals surface area contributed by atoms with Crippen molar-refractivity contribution in [1.29, 1.82) is 0 Å².